The van der Waals surface area contributed by atoms with Crippen molar-refractivity contribution in [2.24, 2.45) is 0 Å². The van der Waals surface area contributed by atoms with Gasteiger partial charge in [-0.2, -0.15) is 0 Å². The average Bonchev–Trinajstić information content (AvgIpc) is 0.722. The van der Waals surface area contributed by atoms with Gasteiger partial charge in [-0.1, -0.05) is 0 Å². The second-order valence-corrected chi connectivity index (χ2v) is 1.22. The molecule has 0 spiro atoms. The molecule has 0 rings (SSSR count). The molecule has 0 aromatic rings. The van der Waals surface area contributed by atoms with Gasteiger partial charge in [-0.3, -0.25) is 8.42 Å². The molecular formula is H4GdNO4S+2. The molecule has 0 atom stereocenters. The molecule has 7 heteroatoms. The molecule has 0 saturated heterocycles. The molecule has 0 fully saturated rings. The fourth-order valence-corrected chi connectivity index (χ4v) is 0. The van der Waals surface area contributed by atoms with Gasteiger partial charge in [-0.05, 0) is 0 Å². The first-order valence-electron chi connectivity index (χ1n) is 0.667. The van der Waals surface area contributed by atoms with Crippen LogP contribution in [0.5, 0.6) is 0 Å². The zero-order valence-electron chi connectivity index (χ0n) is 3.39. The first-order chi connectivity index (χ1) is 2.00. The smallest absolute Gasteiger partial charge is 0.759 e. The van der Waals surface area contributed by atoms with E-state index in [-0.39, 0.29) is 46.1 Å². The normalized spacial score (nSPS) is 8.29. The summed E-state index contributed by atoms with van der Waals surface area (Å²) < 4.78 is 34.1. The number of hydrogen-bond acceptors (Lipinski definition) is 4. The minimum atomic E-state index is -5.17. The molecular weight excluding hydrogens is 267 g/mol. The second kappa shape index (κ2) is 5.29. The van der Waals surface area contributed by atoms with Crippen molar-refractivity contribution in [2.45, 2.75) is 0 Å². The molecule has 0 unspecified atom stereocenters. The van der Waals surface area contributed by atoms with E-state index < -0.39 is 10.4 Å². The van der Waals surface area contributed by atoms with Crippen LogP contribution in [0.3, 0.4) is 0 Å². The van der Waals surface area contributed by atoms with Crippen LogP contribution in [-0.2, 0) is 10.4 Å². The monoisotopic (exact) mass is 272 g/mol. The van der Waals surface area contributed by atoms with E-state index in [4.69, 9.17) is 17.5 Å². The van der Waals surface area contributed by atoms with Crippen molar-refractivity contribution in [3.8, 4) is 0 Å². The summed E-state index contributed by atoms with van der Waals surface area (Å²) in [6.07, 6.45) is 0. The summed E-state index contributed by atoms with van der Waals surface area (Å²) in [5.41, 5.74) is 0. The maximum Gasteiger partial charge on any atom is 3.00 e. The van der Waals surface area contributed by atoms with Gasteiger partial charge in [-0.25, -0.2) is 0 Å². The van der Waals surface area contributed by atoms with Gasteiger partial charge < -0.3 is 15.3 Å². The van der Waals surface area contributed by atoms with Crippen LogP contribution in [0.4, 0.5) is 0 Å². The third-order valence-corrected chi connectivity index (χ3v) is 0. The van der Waals surface area contributed by atoms with Gasteiger partial charge >= 0.3 is 39.9 Å². The predicted octanol–water partition coefficient (Wildman–Crippen LogP) is -0.962. The fourth-order valence-electron chi connectivity index (χ4n) is 0. The van der Waals surface area contributed by atoms with Crippen LogP contribution < -0.4 is 6.15 Å². The Kier molecular flexibility index (Phi) is 11.9. The third kappa shape index (κ3) is 143. The van der Waals surface area contributed by atoms with Gasteiger partial charge in [0.1, 0.15) is 0 Å². The van der Waals surface area contributed by atoms with E-state index in [0.717, 1.165) is 0 Å². The molecule has 0 saturated carbocycles. The molecule has 7 heavy (non-hydrogen) atoms. The van der Waals surface area contributed by atoms with Crippen LogP contribution in [0.25, 0.3) is 0 Å². The molecule has 0 aromatic carbocycles. The van der Waals surface area contributed by atoms with Crippen molar-refractivity contribution in [1.29, 1.82) is 0 Å². The largest absolute Gasteiger partial charge is 3.00 e. The SMILES string of the molecule is O=S(=O)([O-])[O-].[Gd+3].[NH4+]. The Morgan fingerprint density at radius 2 is 1.14 bits per heavy atom. The summed E-state index contributed by atoms with van der Waals surface area (Å²) in [6, 6.07) is 0. The van der Waals surface area contributed by atoms with Crippen molar-refractivity contribution in [2.75, 3.05) is 0 Å². The molecule has 5 nitrogen and oxygen atoms in total. The summed E-state index contributed by atoms with van der Waals surface area (Å²) in [7, 11) is -5.17. The minimum Gasteiger partial charge on any atom is -0.759 e. The number of rotatable bonds is 0. The van der Waals surface area contributed by atoms with E-state index in [1.54, 1.807) is 0 Å². The first kappa shape index (κ1) is 15.7. The summed E-state index contributed by atoms with van der Waals surface area (Å²) in [5, 5.41) is 0. The maximum absolute atomic E-state index is 8.52. The van der Waals surface area contributed by atoms with Gasteiger partial charge in [0.25, 0.3) is 0 Å². The number of quaternary nitrogens is 1. The molecule has 1 radical (unpaired) electrons. The van der Waals surface area contributed by atoms with Crippen LogP contribution in [0.15, 0.2) is 0 Å². The Balaban J connectivity index is -0.0000000800. The zero-order valence-corrected chi connectivity index (χ0v) is 6.48. The Labute approximate surface area is 73.3 Å². The third-order valence-electron chi connectivity index (χ3n) is 0. The summed E-state index contributed by atoms with van der Waals surface area (Å²) in [4.78, 5) is 0. The maximum atomic E-state index is 8.52. The van der Waals surface area contributed by atoms with Crippen LogP contribution in [0, 0.1) is 39.9 Å². The standard InChI is InChI=1S/Gd.H3N.H2O4S/c;;1-5(2,3)4/h;1H3;(H2,1,2,3,4)/q+3;;/p-1. The average molecular weight is 271 g/mol. The second-order valence-electron chi connectivity index (χ2n) is 0.408. The minimum absolute atomic E-state index is 0. The van der Waals surface area contributed by atoms with Crippen molar-refractivity contribution in [3.63, 3.8) is 0 Å². The van der Waals surface area contributed by atoms with Crippen LogP contribution in [0.2, 0.25) is 0 Å². The Hall–Kier alpha value is 1.15. The Bertz CT molecular complexity index is 94.9. The van der Waals surface area contributed by atoms with Crippen molar-refractivity contribution in [1.82, 2.24) is 6.15 Å². The first-order valence-corrected chi connectivity index (χ1v) is 2.00. The topological polar surface area (TPSA) is 117 Å². The van der Waals surface area contributed by atoms with Crippen LogP contribution in [0.1, 0.15) is 0 Å². The molecule has 45 valence electrons. The van der Waals surface area contributed by atoms with E-state index in [0.29, 0.717) is 0 Å². The van der Waals surface area contributed by atoms with E-state index in [1.807, 2.05) is 0 Å². The predicted molar refractivity (Wildman–Crippen MR) is 16.5 cm³/mol. The zero-order chi connectivity index (χ0) is 4.50. The van der Waals surface area contributed by atoms with Gasteiger partial charge in [0.2, 0.25) is 0 Å². The summed E-state index contributed by atoms with van der Waals surface area (Å²) in [6.45, 7) is 0. The van der Waals surface area contributed by atoms with Gasteiger partial charge in [0, 0.05) is 10.4 Å². The van der Waals surface area contributed by atoms with Crippen molar-refractivity contribution >= 4 is 10.4 Å². The van der Waals surface area contributed by atoms with E-state index in [2.05, 4.69) is 0 Å². The molecule has 0 aliphatic heterocycles. The van der Waals surface area contributed by atoms with Crippen LogP contribution in [-0.4, -0.2) is 17.5 Å². The summed E-state index contributed by atoms with van der Waals surface area (Å²) in [5.74, 6) is 0. The fraction of sp³-hybridized carbons (Fsp3) is 0. The van der Waals surface area contributed by atoms with Crippen LogP contribution >= 0.6 is 0 Å². The Morgan fingerprint density at radius 3 is 1.14 bits per heavy atom. The quantitative estimate of drug-likeness (QED) is 0.451. The van der Waals surface area contributed by atoms with E-state index >= 15 is 0 Å². The molecule has 0 amide bonds. The molecule has 0 aromatic heterocycles. The van der Waals surface area contributed by atoms with Crippen molar-refractivity contribution < 1.29 is 57.5 Å². The molecule has 0 aliphatic rings. The van der Waals surface area contributed by atoms with E-state index in [1.165, 1.54) is 0 Å². The van der Waals surface area contributed by atoms with Crippen molar-refractivity contribution in [3.05, 3.63) is 0 Å². The molecule has 0 heterocycles. The van der Waals surface area contributed by atoms with Gasteiger partial charge in [0.15, 0.2) is 0 Å². The number of hydrogen-bond donors (Lipinski definition) is 1. The Morgan fingerprint density at radius 1 is 1.14 bits per heavy atom. The molecule has 0 aliphatic carbocycles. The molecule has 0 bridgehead atoms. The summed E-state index contributed by atoms with van der Waals surface area (Å²) >= 11 is 0. The molecule has 4 N–H and O–H groups in total. The van der Waals surface area contributed by atoms with Gasteiger partial charge in [-0.15, -0.1) is 0 Å². The van der Waals surface area contributed by atoms with E-state index in [9.17, 15) is 0 Å². The van der Waals surface area contributed by atoms with Gasteiger partial charge in [0.05, 0.1) is 0 Å².